The number of likely N-dealkylation sites (N-methyl/N-ethyl adjacent to an activating group) is 1. The molecule has 3 aliphatic rings. The van der Waals surface area contributed by atoms with Gasteiger partial charge in [0.05, 0.1) is 35.8 Å². The number of carboxylic acid groups (broad SMARTS) is 2. The molecule has 5 heterocycles. The molecule has 0 amide bonds. The number of carbonyl (C=O) groups excluding carboxylic acids is 3. The van der Waals surface area contributed by atoms with E-state index in [1.54, 1.807) is 12.1 Å². The number of nitrogens with zero attached hydrogens (tertiary/aromatic N) is 1. The van der Waals surface area contributed by atoms with Crippen molar-refractivity contribution in [1.82, 2.24) is 0 Å². The fourth-order valence-corrected chi connectivity index (χ4v) is 6.80. The lowest BCUT2D eigenvalue weighted by atomic mass is 9.95. The van der Waals surface area contributed by atoms with Gasteiger partial charge in [-0.05, 0) is 22.9 Å². The highest BCUT2D eigenvalue weighted by Gasteiger charge is 2.71. The molecule has 3 aliphatic heterocycles. The van der Waals surface area contributed by atoms with Gasteiger partial charge in [0.2, 0.25) is 5.60 Å². The number of aliphatic carboxylic acids is 2. The molecular formula is C23H26NO10S2-. The third-order valence-electron chi connectivity index (χ3n) is 7.14. The summed E-state index contributed by atoms with van der Waals surface area (Å²) in [6.45, 7) is 0. The minimum atomic E-state index is -2.44. The number of carboxylic acids is 2. The van der Waals surface area contributed by atoms with Crippen molar-refractivity contribution < 1.29 is 53.9 Å². The van der Waals surface area contributed by atoms with E-state index in [9.17, 15) is 29.7 Å². The second-order valence-corrected chi connectivity index (χ2v) is 11.4. The molecule has 0 aliphatic carbocycles. The molecule has 13 heteroatoms. The van der Waals surface area contributed by atoms with Crippen LogP contribution < -0.4 is 10.2 Å². The Kier molecular flexibility index (Phi) is 7.27. The van der Waals surface area contributed by atoms with Gasteiger partial charge in [0, 0.05) is 12.8 Å². The largest absolute Gasteiger partial charge is 0.547 e. The lowest BCUT2D eigenvalue weighted by Crippen LogP contribution is -2.60. The average Bonchev–Trinajstić information content (AvgIpc) is 3.17. The summed E-state index contributed by atoms with van der Waals surface area (Å²) in [6, 6.07) is 8.01. The highest BCUT2D eigenvalue weighted by Crippen LogP contribution is 2.52. The van der Waals surface area contributed by atoms with Gasteiger partial charge in [-0.1, -0.05) is 12.1 Å². The molecule has 36 heavy (non-hydrogen) atoms. The summed E-state index contributed by atoms with van der Waals surface area (Å²) in [5, 5.41) is 50.8. The van der Waals surface area contributed by atoms with E-state index in [1.807, 2.05) is 22.9 Å². The fourth-order valence-electron chi connectivity index (χ4n) is 5.09. The van der Waals surface area contributed by atoms with E-state index < -0.39 is 35.7 Å². The standard InChI is InChI=1S/C19H22NO4S2.C4H6O6/c1-20(2)12-9-11(10-13(20)17-16(12)24-17)23-18(21)19(22,14-5-3-7-25-14)15-6-4-8-26-15;5-1(3(7)8)2(6)4(9)10/h3-8,11-13,16-17,22H,9-10H2,1-2H3;1-2,5-6H,(H,7,8)(H,9,10)/q+1;/p-2/t11?,12-,13+,16-,17+;. The number of piperidine rings is 1. The molecule has 11 nitrogen and oxygen atoms in total. The number of hydrogen-bond donors (Lipinski definition) is 3. The third-order valence-corrected chi connectivity index (χ3v) is 9.10. The van der Waals surface area contributed by atoms with Crippen LogP contribution in [0.4, 0.5) is 0 Å². The van der Waals surface area contributed by atoms with Gasteiger partial charge in [0.1, 0.15) is 42.6 Å². The summed E-state index contributed by atoms with van der Waals surface area (Å²) in [4.78, 5) is 33.6. The number of carbonyl (C=O) groups is 3. The number of aliphatic hydroxyl groups is 3. The van der Waals surface area contributed by atoms with Crippen LogP contribution in [0.1, 0.15) is 22.6 Å². The summed E-state index contributed by atoms with van der Waals surface area (Å²) in [6.07, 6.45) is -2.83. The maximum absolute atomic E-state index is 13.1. The number of thiophene rings is 2. The zero-order valence-electron chi connectivity index (χ0n) is 19.4. The molecule has 2 bridgehead atoms. The predicted octanol–water partition coefficient (Wildman–Crippen LogP) is -2.45. The molecular weight excluding hydrogens is 514 g/mol. The molecule has 7 atom stereocenters. The van der Waals surface area contributed by atoms with Gasteiger partial charge in [0.15, 0.2) is 0 Å². The maximum Gasteiger partial charge on any atom is 0.349 e. The second kappa shape index (κ2) is 9.82. The Bertz CT molecular complexity index is 1030. The summed E-state index contributed by atoms with van der Waals surface area (Å²) in [5.74, 6) is -4.68. The van der Waals surface area contributed by atoms with Gasteiger partial charge < -0.3 is 49.1 Å². The normalized spacial score (nSPS) is 29.2. The van der Waals surface area contributed by atoms with Crippen molar-refractivity contribution in [2.75, 3.05) is 14.1 Å². The number of rotatable bonds is 7. The monoisotopic (exact) mass is 540 g/mol. The van der Waals surface area contributed by atoms with E-state index >= 15 is 0 Å². The van der Waals surface area contributed by atoms with Crippen molar-refractivity contribution in [2.24, 2.45) is 0 Å². The SMILES string of the molecule is C[N+]1(C)[C@@H]2CC(OC(=O)C(O)(c3cccs3)c3cccs3)C[C@H]1[C@@H]1O[C@@H]12.O=C([O-])C(O)C(O)C(=O)[O-]. The van der Waals surface area contributed by atoms with E-state index in [0.717, 1.165) is 17.3 Å². The lowest BCUT2D eigenvalue weighted by molar-refractivity contribution is -0.938. The summed E-state index contributed by atoms with van der Waals surface area (Å²) in [7, 11) is 4.49. The molecule has 0 saturated carbocycles. The summed E-state index contributed by atoms with van der Waals surface area (Å²) >= 11 is 2.74. The predicted molar refractivity (Wildman–Crippen MR) is 121 cm³/mol. The van der Waals surface area contributed by atoms with Gasteiger partial charge in [-0.3, -0.25) is 0 Å². The Balaban J connectivity index is 0.000000261. The van der Waals surface area contributed by atoms with Crippen molar-refractivity contribution in [3.63, 3.8) is 0 Å². The molecule has 0 spiro atoms. The first-order valence-corrected chi connectivity index (χ1v) is 12.9. The first-order valence-electron chi connectivity index (χ1n) is 11.2. The Morgan fingerprint density at radius 1 is 1.00 bits per heavy atom. The van der Waals surface area contributed by atoms with E-state index in [1.165, 1.54) is 22.7 Å². The zero-order chi connectivity index (χ0) is 26.4. The molecule has 2 aromatic heterocycles. The number of fused-ring (bicyclic) bond motifs is 5. The number of epoxide rings is 1. The van der Waals surface area contributed by atoms with Crippen molar-refractivity contribution in [2.45, 2.75) is 61.0 Å². The van der Waals surface area contributed by atoms with Crippen LogP contribution in [-0.4, -0.2) is 94.4 Å². The number of esters is 1. The second-order valence-electron chi connectivity index (χ2n) is 9.52. The smallest absolute Gasteiger partial charge is 0.349 e. The number of hydrogen-bond acceptors (Lipinski definition) is 12. The average molecular weight is 541 g/mol. The molecule has 3 unspecified atom stereocenters. The lowest BCUT2D eigenvalue weighted by Gasteiger charge is -2.45. The Morgan fingerprint density at radius 3 is 1.81 bits per heavy atom. The van der Waals surface area contributed by atoms with Crippen LogP contribution in [-0.2, 0) is 29.5 Å². The van der Waals surface area contributed by atoms with Crippen LogP contribution in [0.2, 0.25) is 0 Å². The fraction of sp³-hybridized carbons (Fsp3) is 0.522. The van der Waals surface area contributed by atoms with Gasteiger partial charge >= 0.3 is 5.97 Å². The van der Waals surface area contributed by atoms with Crippen molar-refractivity contribution >= 4 is 40.6 Å². The first kappa shape index (κ1) is 26.7. The molecule has 5 rings (SSSR count). The van der Waals surface area contributed by atoms with Gasteiger partial charge in [0.25, 0.3) is 0 Å². The topological polar surface area (TPSA) is 180 Å². The highest BCUT2D eigenvalue weighted by atomic mass is 32.1. The quantitative estimate of drug-likeness (QED) is 0.194. The number of quaternary nitrogens is 1. The summed E-state index contributed by atoms with van der Waals surface area (Å²) in [5.41, 5.74) is -1.72. The molecule has 3 N–H and O–H groups in total. The zero-order valence-corrected chi connectivity index (χ0v) is 21.0. The van der Waals surface area contributed by atoms with E-state index in [0.29, 0.717) is 34.0 Å². The Hall–Kier alpha value is -2.39. The number of aliphatic hydroxyl groups excluding tert-OH is 2. The summed E-state index contributed by atoms with van der Waals surface area (Å²) < 4.78 is 12.6. The molecule has 0 aromatic carbocycles. The van der Waals surface area contributed by atoms with Crippen LogP contribution in [0.5, 0.6) is 0 Å². The first-order chi connectivity index (χ1) is 16.9. The molecule has 3 fully saturated rings. The molecule has 0 radical (unpaired) electrons. The van der Waals surface area contributed by atoms with Gasteiger partial charge in [-0.25, -0.2) is 4.79 Å². The van der Waals surface area contributed by atoms with E-state index in [-0.39, 0.29) is 6.10 Å². The minimum absolute atomic E-state index is 0.161. The van der Waals surface area contributed by atoms with Crippen LogP contribution in [0.25, 0.3) is 0 Å². The van der Waals surface area contributed by atoms with Crippen molar-refractivity contribution in [3.05, 3.63) is 44.8 Å². The number of ether oxygens (including phenoxy) is 2. The number of morpholine rings is 1. The van der Waals surface area contributed by atoms with Crippen LogP contribution in [0, 0.1) is 0 Å². The van der Waals surface area contributed by atoms with Gasteiger partial charge in [-0.15, -0.1) is 22.7 Å². The van der Waals surface area contributed by atoms with Crippen LogP contribution >= 0.6 is 22.7 Å². The van der Waals surface area contributed by atoms with Crippen molar-refractivity contribution in [1.29, 1.82) is 0 Å². The minimum Gasteiger partial charge on any atom is -0.547 e. The molecule has 2 aromatic rings. The Labute approximate surface area is 214 Å². The van der Waals surface area contributed by atoms with Crippen LogP contribution in [0.15, 0.2) is 35.0 Å². The third kappa shape index (κ3) is 4.67. The van der Waals surface area contributed by atoms with E-state index in [4.69, 9.17) is 19.7 Å². The van der Waals surface area contributed by atoms with Crippen molar-refractivity contribution in [3.8, 4) is 0 Å². The van der Waals surface area contributed by atoms with Gasteiger partial charge in [-0.2, -0.15) is 0 Å². The molecule has 3 saturated heterocycles. The Morgan fingerprint density at radius 2 is 1.44 bits per heavy atom. The van der Waals surface area contributed by atoms with E-state index in [2.05, 4.69) is 14.1 Å². The highest BCUT2D eigenvalue weighted by molar-refractivity contribution is 7.12. The maximum atomic E-state index is 13.1. The molecule has 196 valence electrons. The van der Waals surface area contributed by atoms with Crippen LogP contribution in [0.3, 0.4) is 0 Å².